The Morgan fingerprint density at radius 2 is 2.10 bits per heavy atom. The molecule has 0 aliphatic carbocycles. The van der Waals surface area contributed by atoms with E-state index in [1.54, 1.807) is 19.4 Å². The number of nitrogens with one attached hydrogen (secondary N) is 2. The van der Waals surface area contributed by atoms with Crippen molar-refractivity contribution in [2.75, 3.05) is 38.1 Å². The minimum atomic E-state index is -0.812. The summed E-state index contributed by atoms with van der Waals surface area (Å²) in [5.41, 5.74) is 0.726. The van der Waals surface area contributed by atoms with Crippen LogP contribution in [-0.4, -0.2) is 54.0 Å². The lowest BCUT2D eigenvalue weighted by atomic mass is 10.1. The predicted octanol–water partition coefficient (Wildman–Crippen LogP) is 2.43. The van der Waals surface area contributed by atoms with Gasteiger partial charge in [-0.1, -0.05) is 6.92 Å². The van der Waals surface area contributed by atoms with Crippen molar-refractivity contribution < 1.29 is 8.78 Å². The van der Waals surface area contributed by atoms with Crippen LogP contribution in [-0.2, 0) is 13.0 Å². The van der Waals surface area contributed by atoms with Gasteiger partial charge in [-0.05, 0) is 24.5 Å². The number of aryl methyl sites for hydroxylation is 1. The highest BCUT2D eigenvalue weighted by molar-refractivity contribution is 14.0. The van der Waals surface area contributed by atoms with Gasteiger partial charge in [0.15, 0.2) is 17.6 Å². The van der Waals surface area contributed by atoms with Gasteiger partial charge in [0.05, 0.1) is 0 Å². The minimum absolute atomic E-state index is 0. The maximum Gasteiger partial charge on any atom is 0.191 e. The van der Waals surface area contributed by atoms with Crippen molar-refractivity contribution in [2.45, 2.75) is 26.3 Å². The van der Waals surface area contributed by atoms with Crippen LogP contribution >= 0.6 is 24.0 Å². The third-order valence-corrected chi connectivity index (χ3v) is 4.99. The molecule has 3 rings (SSSR count). The average molecular weight is 519 g/mol. The van der Waals surface area contributed by atoms with Crippen LogP contribution in [0.5, 0.6) is 0 Å². The average Bonchev–Trinajstić information content (AvgIpc) is 3.36. The smallest absolute Gasteiger partial charge is 0.191 e. The highest BCUT2D eigenvalue weighted by Crippen LogP contribution is 2.24. The van der Waals surface area contributed by atoms with Crippen molar-refractivity contribution in [1.29, 1.82) is 0 Å². The van der Waals surface area contributed by atoms with Crippen molar-refractivity contribution in [3.05, 3.63) is 42.0 Å². The van der Waals surface area contributed by atoms with E-state index in [2.05, 4.69) is 37.6 Å². The first-order valence-electron chi connectivity index (χ1n) is 9.62. The molecular formula is C19H28F2IN7. The van der Waals surface area contributed by atoms with E-state index in [1.807, 2.05) is 4.57 Å². The number of hydrogen-bond acceptors (Lipinski definition) is 4. The summed E-state index contributed by atoms with van der Waals surface area (Å²) in [4.78, 5) is 6.34. The highest BCUT2D eigenvalue weighted by Gasteiger charge is 2.23. The van der Waals surface area contributed by atoms with Crippen LogP contribution in [0.1, 0.15) is 19.2 Å². The second-order valence-corrected chi connectivity index (χ2v) is 6.87. The number of hydrogen-bond donors (Lipinski definition) is 2. The molecule has 0 bridgehead atoms. The molecule has 0 radical (unpaired) electrons. The van der Waals surface area contributed by atoms with Crippen LogP contribution in [0.25, 0.3) is 0 Å². The Balaban J connectivity index is 0.00000300. The quantitative estimate of drug-likeness (QED) is 0.334. The Hall–Kier alpha value is -1.98. The zero-order chi connectivity index (χ0) is 19.9. The summed E-state index contributed by atoms with van der Waals surface area (Å²) < 4.78 is 28.6. The van der Waals surface area contributed by atoms with Gasteiger partial charge in [-0.15, -0.1) is 34.2 Å². The number of aliphatic imine (C=N–C) groups is 1. The van der Waals surface area contributed by atoms with Gasteiger partial charge in [-0.3, -0.25) is 4.99 Å². The second-order valence-electron chi connectivity index (χ2n) is 6.87. The zero-order valence-electron chi connectivity index (χ0n) is 16.7. The molecule has 160 valence electrons. The fourth-order valence-electron chi connectivity index (χ4n) is 3.41. The summed E-state index contributed by atoms with van der Waals surface area (Å²) >= 11 is 0. The molecule has 1 aromatic heterocycles. The molecule has 1 atom stereocenters. The number of nitrogens with zero attached hydrogens (tertiary/aromatic N) is 5. The molecule has 29 heavy (non-hydrogen) atoms. The summed E-state index contributed by atoms with van der Waals surface area (Å²) in [6, 6.07) is 4.08. The standard InChI is InChI=1S/C19H27F2N7.HI/c1-3-18-26-25-13-28(18)9-7-23-19(22-2)24-11-14-6-8-27(12-14)15-4-5-16(20)17(21)10-15;/h4-5,10,13-14H,3,6-9,11-12H2,1-2H3,(H2,22,23,24);1H. The van der Waals surface area contributed by atoms with E-state index >= 15 is 0 Å². The molecule has 0 spiro atoms. The van der Waals surface area contributed by atoms with Gasteiger partial charge in [0.2, 0.25) is 0 Å². The fourth-order valence-corrected chi connectivity index (χ4v) is 3.41. The van der Waals surface area contributed by atoms with Gasteiger partial charge in [-0.25, -0.2) is 8.78 Å². The van der Waals surface area contributed by atoms with E-state index in [1.165, 1.54) is 12.1 Å². The summed E-state index contributed by atoms with van der Waals surface area (Å²) in [5, 5.41) is 14.7. The number of guanidine groups is 1. The molecule has 1 aromatic carbocycles. The van der Waals surface area contributed by atoms with Crippen molar-refractivity contribution in [2.24, 2.45) is 10.9 Å². The maximum absolute atomic E-state index is 13.4. The molecule has 2 N–H and O–H groups in total. The first kappa shape index (κ1) is 23.3. The Kier molecular flexibility index (Phi) is 9.05. The largest absolute Gasteiger partial charge is 0.371 e. The molecule has 1 aliphatic rings. The molecular weight excluding hydrogens is 491 g/mol. The van der Waals surface area contributed by atoms with Gasteiger partial charge in [0.25, 0.3) is 0 Å². The van der Waals surface area contributed by atoms with Gasteiger partial charge >= 0.3 is 0 Å². The summed E-state index contributed by atoms with van der Waals surface area (Å²) in [6.45, 7) is 5.94. The molecule has 1 fully saturated rings. The lowest BCUT2D eigenvalue weighted by Gasteiger charge is -2.19. The highest BCUT2D eigenvalue weighted by atomic mass is 127. The van der Waals surface area contributed by atoms with Crippen molar-refractivity contribution >= 4 is 35.6 Å². The van der Waals surface area contributed by atoms with Crippen molar-refractivity contribution in [3.8, 4) is 0 Å². The molecule has 2 heterocycles. The van der Waals surface area contributed by atoms with Crippen molar-refractivity contribution in [1.82, 2.24) is 25.4 Å². The number of rotatable bonds is 7. The van der Waals surface area contributed by atoms with Crippen LogP contribution < -0.4 is 15.5 Å². The van der Waals surface area contributed by atoms with E-state index in [4.69, 9.17) is 0 Å². The lowest BCUT2D eigenvalue weighted by molar-refractivity contribution is 0.508. The topological polar surface area (TPSA) is 70.4 Å². The second kappa shape index (κ2) is 11.3. The van der Waals surface area contributed by atoms with Gasteiger partial charge < -0.3 is 20.1 Å². The van der Waals surface area contributed by atoms with Gasteiger partial charge in [0.1, 0.15) is 12.2 Å². The Morgan fingerprint density at radius 3 is 2.83 bits per heavy atom. The van der Waals surface area contributed by atoms with Gasteiger partial charge in [0, 0.05) is 57.9 Å². The molecule has 1 unspecified atom stereocenters. The van der Waals surface area contributed by atoms with E-state index in [-0.39, 0.29) is 24.0 Å². The number of aromatic nitrogens is 3. The molecule has 7 nitrogen and oxygen atoms in total. The predicted molar refractivity (Wildman–Crippen MR) is 121 cm³/mol. The van der Waals surface area contributed by atoms with Crippen LogP contribution in [0.4, 0.5) is 14.5 Å². The SMILES string of the molecule is CCc1nncn1CCNC(=NC)NCC1CCN(c2ccc(F)c(F)c2)C1.I. The Labute approximate surface area is 187 Å². The molecule has 1 saturated heterocycles. The third kappa shape index (κ3) is 6.25. The monoisotopic (exact) mass is 519 g/mol. The first-order valence-corrected chi connectivity index (χ1v) is 9.62. The number of halogens is 3. The lowest BCUT2D eigenvalue weighted by Crippen LogP contribution is -2.41. The normalized spacial score (nSPS) is 16.6. The zero-order valence-corrected chi connectivity index (χ0v) is 19.1. The molecule has 1 aliphatic heterocycles. The first-order chi connectivity index (χ1) is 13.6. The maximum atomic E-state index is 13.4. The Bertz CT molecular complexity index is 812. The van der Waals surface area contributed by atoms with E-state index in [0.717, 1.165) is 63.0 Å². The molecule has 0 saturated carbocycles. The van der Waals surface area contributed by atoms with Gasteiger partial charge in [-0.2, -0.15) is 0 Å². The fraction of sp³-hybridized carbons (Fsp3) is 0.526. The van der Waals surface area contributed by atoms with E-state index in [9.17, 15) is 8.78 Å². The number of anilines is 1. The molecule has 2 aromatic rings. The van der Waals surface area contributed by atoms with Crippen molar-refractivity contribution in [3.63, 3.8) is 0 Å². The van der Waals surface area contributed by atoms with Crippen LogP contribution in [0.15, 0.2) is 29.5 Å². The van der Waals surface area contributed by atoms with E-state index < -0.39 is 11.6 Å². The van der Waals surface area contributed by atoms with E-state index in [0.29, 0.717) is 5.92 Å². The summed E-state index contributed by atoms with van der Waals surface area (Å²) in [6.07, 6.45) is 3.58. The third-order valence-electron chi connectivity index (χ3n) is 4.99. The summed E-state index contributed by atoms with van der Waals surface area (Å²) in [7, 11) is 1.74. The minimum Gasteiger partial charge on any atom is -0.371 e. The molecule has 10 heteroatoms. The van der Waals surface area contributed by atoms with Crippen LogP contribution in [0, 0.1) is 17.6 Å². The molecule has 0 amide bonds. The Morgan fingerprint density at radius 1 is 1.28 bits per heavy atom. The summed E-state index contributed by atoms with van der Waals surface area (Å²) in [5.74, 6) is 0.512. The van der Waals surface area contributed by atoms with Crippen LogP contribution in [0.2, 0.25) is 0 Å². The number of benzene rings is 1. The van der Waals surface area contributed by atoms with Crippen LogP contribution in [0.3, 0.4) is 0 Å².